The quantitative estimate of drug-likeness (QED) is 0.823. The Morgan fingerprint density at radius 2 is 2.17 bits per heavy atom. The van der Waals surface area contributed by atoms with Crippen molar-refractivity contribution < 1.29 is 9.68 Å². The maximum absolute atomic E-state index is 9.68. The first kappa shape index (κ1) is 12.3. The number of hydrogen-bond acceptors (Lipinski definition) is 3. The van der Waals surface area contributed by atoms with Crippen molar-refractivity contribution in [3.8, 4) is 0 Å². The van der Waals surface area contributed by atoms with Crippen LogP contribution in [0.2, 0.25) is 5.02 Å². The second kappa shape index (κ2) is 5.12. The van der Waals surface area contributed by atoms with Crippen molar-refractivity contribution in [2.75, 3.05) is 11.9 Å². The van der Waals surface area contributed by atoms with Crippen molar-refractivity contribution >= 4 is 29.9 Å². The van der Waals surface area contributed by atoms with Crippen molar-refractivity contribution in [3.63, 3.8) is 0 Å². The summed E-state index contributed by atoms with van der Waals surface area (Å²) in [6, 6.07) is 3.81. The lowest BCUT2D eigenvalue weighted by Crippen LogP contribution is -2.28. The fourth-order valence-corrected chi connectivity index (χ4v) is 3.10. The molecular weight excluding hydrogens is 248 g/mol. The Morgan fingerprint density at radius 3 is 2.94 bits per heavy atom. The molecule has 1 fully saturated rings. The third-order valence-corrected chi connectivity index (χ3v) is 4.26. The zero-order valence-corrected chi connectivity index (χ0v) is 11.0. The summed E-state index contributed by atoms with van der Waals surface area (Å²) in [6.07, 6.45) is 5.30. The first-order valence-corrected chi connectivity index (χ1v) is 6.97. The van der Waals surface area contributed by atoms with E-state index in [1.54, 1.807) is 0 Å². The Hall–Kier alpha value is -0.705. The fraction of sp³-hybridized carbons (Fsp3) is 0.538. The van der Waals surface area contributed by atoms with Gasteiger partial charge in [-0.2, -0.15) is 0 Å². The van der Waals surface area contributed by atoms with Gasteiger partial charge in [0, 0.05) is 6.54 Å². The third kappa shape index (κ3) is 2.37. The van der Waals surface area contributed by atoms with E-state index in [0.717, 1.165) is 29.2 Å². The van der Waals surface area contributed by atoms with Crippen LogP contribution in [0.15, 0.2) is 12.1 Å². The molecule has 0 spiro atoms. The van der Waals surface area contributed by atoms with Crippen molar-refractivity contribution in [1.29, 1.82) is 0 Å². The molecule has 5 heteroatoms. The highest BCUT2D eigenvalue weighted by atomic mass is 35.5. The SMILES string of the molecule is OB1OCc2cc(Cl)c(NCC3CCCC3)cc21. The zero-order chi connectivity index (χ0) is 12.5. The highest BCUT2D eigenvalue weighted by Gasteiger charge is 2.28. The van der Waals surface area contributed by atoms with E-state index in [4.69, 9.17) is 16.3 Å². The molecule has 2 aliphatic rings. The second-order valence-electron chi connectivity index (χ2n) is 5.23. The molecule has 0 bridgehead atoms. The molecule has 0 amide bonds. The van der Waals surface area contributed by atoms with Crippen LogP contribution in [0.4, 0.5) is 5.69 Å². The molecule has 0 aromatic heterocycles. The van der Waals surface area contributed by atoms with Crippen LogP contribution >= 0.6 is 11.6 Å². The molecule has 18 heavy (non-hydrogen) atoms. The van der Waals surface area contributed by atoms with Crippen molar-refractivity contribution in [2.24, 2.45) is 5.92 Å². The molecule has 2 N–H and O–H groups in total. The Balaban J connectivity index is 1.73. The standard InChI is InChI=1S/C13H17BClNO2/c15-12-5-10-8-18-14(17)11(10)6-13(12)16-7-9-3-1-2-4-9/h5-6,9,16-17H,1-4,7-8H2. The van der Waals surface area contributed by atoms with E-state index in [0.29, 0.717) is 11.6 Å². The van der Waals surface area contributed by atoms with Crippen LogP contribution in [0.25, 0.3) is 0 Å². The Kier molecular flexibility index (Phi) is 3.51. The van der Waals surface area contributed by atoms with Crippen molar-refractivity contribution in [3.05, 3.63) is 22.7 Å². The summed E-state index contributed by atoms with van der Waals surface area (Å²) in [7, 11) is -0.802. The van der Waals surface area contributed by atoms with Gasteiger partial charge in [0.05, 0.1) is 17.3 Å². The van der Waals surface area contributed by atoms with Gasteiger partial charge in [0.15, 0.2) is 0 Å². The smallest absolute Gasteiger partial charge is 0.423 e. The van der Waals surface area contributed by atoms with Gasteiger partial charge >= 0.3 is 7.12 Å². The summed E-state index contributed by atoms with van der Waals surface area (Å²) >= 11 is 6.24. The van der Waals surface area contributed by atoms with Crippen LogP contribution in [-0.4, -0.2) is 18.7 Å². The molecule has 1 aromatic rings. The minimum Gasteiger partial charge on any atom is -0.423 e. The fourth-order valence-electron chi connectivity index (χ4n) is 2.85. The monoisotopic (exact) mass is 265 g/mol. The van der Waals surface area contributed by atoms with E-state index in [9.17, 15) is 5.02 Å². The van der Waals surface area contributed by atoms with Crippen molar-refractivity contribution in [1.82, 2.24) is 0 Å². The van der Waals surface area contributed by atoms with Gasteiger partial charge in [0.2, 0.25) is 0 Å². The average molecular weight is 266 g/mol. The predicted molar refractivity (Wildman–Crippen MR) is 74.3 cm³/mol. The molecule has 0 unspecified atom stereocenters. The largest absolute Gasteiger partial charge is 0.491 e. The normalized spacial score (nSPS) is 19.3. The van der Waals surface area contributed by atoms with Gasteiger partial charge in [-0.05, 0) is 41.9 Å². The van der Waals surface area contributed by atoms with E-state index >= 15 is 0 Å². The first-order chi connectivity index (χ1) is 8.74. The Bertz CT molecular complexity index is 449. The number of anilines is 1. The molecule has 1 aliphatic carbocycles. The summed E-state index contributed by atoms with van der Waals surface area (Å²) in [5.41, 5.74) is 2.74. The molecule has 0 atom stereocenters. The molecule has 1 saturated carbocycles. The summed E-state index contributed by atoms with van der Waals surface area (Å²) < 4.78 is 5.18. The predicted octanol–water partition coefficient (Wildman–Crippen LogP) is 2.16. The van der Waals surface area contributed by atoms with Gasteiger partial charge in [0.1, 0.15) is 0 Å². The number of fused-ring (bicyclic) bond motifs is 1. The maximum Gasteiger partial charge on any atom is 0.491 e. The van der Waals surface area contributed by atoms with Crippen LogP contribution < -0.4 is 10.8 Å². The minimum atomic E-state index is -0.802. The molecular formula is C13H17BClNO2. The lowest BCUT2D eigenvalue weighted by Gasteiger charge is -2.14. The lowest BCUT2D eigenvalue weighted by molar-refractivity contribution is 0.275. The van der Waals surface area contributed by atoms with Gasteiger partial charge < -0.3 is 15.0 Å². The number of halogens is 1. The van der Waals surface area contributed by atoms with Crippen LogP contribution in [0.5, 0.6) is 0 Å². The van der Waals surface area contributed by atoms with Crippen LogP contribution in [0.1, 0.15) is 31.2 Å². The average Bonchev–Trinajstić information content (AvgIpc) is 2.97. The highest BCUT2D eigenvalue weighted by Crippen LogP contribution is 2.28. The summed E-state index contributed by atoms with van der Waals surface area (Å²) in [4.78, 5) is 0. The number of rotatable bonds is 3. The van der Waals surface area contributed by atoms with Crippen LogP contribution in [0, 0.1) is 5.92 Å². The van der Waals surface area contributed by atoms with Gasteiger partial charge in [-0.15, -0.1) is 0 Å². The van der Waals surface area contributed by atoms with Gasteiger partial charge in [0.25, 0.3) is 0 Å². The second-order valence-corrected chi connectivity index (χ2v) is 5.63. The van der Waals surface area contributed by atoms with Gasteiger partial charge in [-0.25, -0.2) is 0 Å². The third-order valence-electron chi connectivity index (χ3n) is 3.95. The number of benzene rings is 1. The number of hydrogen-bond donors (Lipinski definition) is 2. The lowest BCUT2D eigenvalue weighted by atomic mass is 9.79. The molecule has 96 valence electrons. The molecule has 1 heterocycles. The van der Waals surface area contributed by atoms with E-state index in [2.05, 4.69) is 5.32 Å². The molecule has 0 radical (unpaired) electrons. The Labute approximate surface area is 113 Å². The zero-order valence-electron chi connectivity index (χ0n) is 10.3. The van der Waals surface area contributed by atoms with E-state index in [1.807, 2.05) is 12.1 Å². The summed E-state index contributed by atoms with van der Waals surface area (Å²) in [5.74, 6) is 0.760. The number of nitrogens with one attached hydrogen (secondary N) is 1. The van der Waals surface area contributed by atoms with Crippen LogP contribution in [0.3, 0.4) is 0 Å². The van der Waals surface area contributed by atoms with Gasteiger partial charge in [-0.3, -0.25) is 0 Å². The van der Waals surface area contributed by atoms with E-state index in [1.165, 1.54) is 25.7 Å². The highest BCUT2D eigenvalue weighted by molar-refractivity contribution is 6.61. The minimum absolute atomic E-state index is 0.444. The van der Waals surface area contributed by atoms with E-state index < -0.39 is 7.12 Å². The maximum atomic E-state index is 9.68. The molecule has 0 saturated heterocycles. The Morgan fingerprint density at radius 1 is 1.39 bits per heavy atom. The topological polar surface area (TPSA) is 41.5 Å². The molecule has 3 rings (SSSR count). The first-order valence-electron chi connectivity index (χ1n) is 6.60. The molecule has 1 aromatic carbocycles. The van der Waals surface area contributed by atoms with E-state index in [-0.39, 0.29) is 0 Å². The summed E-state index contributed by atoms with van der Waals surface area (Å²) in [5, 5.41) is 13.8. The molecule has 1 aliphatic heterocycles. The van der Waals surface area contributed by atoms with Crippen molar-refractivity contribution in [2.45, 2.75) is 32.3 Å². The van der Waals surface area contributed by atoms with Crippen LogP contribution in [-0.2, 0) is 11.3 Å². The summed E-state index contributed by atoms with van der Waals surface area (Å²) in [6.45, 7) is 1.41. The molecule has 3 nitrogen and oxygen atoms in total. The van der Waals surface area contributed by atoms with Gasteiger partial charge in [-0.1, -0.05) is 24.4 Å².